The lowest BCUT2D eigenvalue weighted by Crippen LogP contribution is -2.50. The third-order valence-corrected chi connectivity index (χ3v) is 11.2. The van der Waals surface area contributed by atoms with E-state index >= 15 is 0 Å². The van der Waals surface area contributed by atoms with Crippen molar-refractivity contribution in [2.45, 2.75) is 96.8 Å². The lowest BCUT2D eigenvalue weighted by atomic mass is 10.1. The van der Waals surface area contributed by atoms with Gasteiger partial charge in [-0.25, -0.2) is 8.42 Å². The van der Waals surface area contributed by atoms with Crippen LogP contribution in [0.5, 0.6) is 5.75 Å². The smallest absolute Gasteiger partial charge is 0.279 e. The maximum atomic E-state index is 13.3. The average molecular weight is 704 g/mol. The van der Waals surface area contributed by atoms with Gasteiger partial charge in [-0.15, -0.1) is 11.3 Å². The van der Waals surface area contributed by atoms with E-state index in [0.717, 1.165) is 50.2 Å². The molecule has 3 aromatic rings. The number of hydrogen-bond donors (Lipinski definition) is 2. The molecule has 0 bridgehead atoms. The molecule has 1 aliphatic rings. The van der Waals surface area contributed by atoms with Crippen LogP contribution in [0.1, 0.15) is 96.8 Å². The van der Waals surface area contributed by atoms with Gasteiger partial charge in [0.2, 0.25) is 11.2 Å². The van der Waals surface area contributed by atoms with Gasteiger partial charge in [-0.1, -0.05) is 58.3 Å². The Morgan fingerprint density at radius 1 is 0.958 bits per heavy atom. The second-order valence-corrected chi connectivity index (χ2v) is 16.2. The minimum Gasteiger partial charge on any atom is -0.748 e. The average Bonchev–Trinajstić information content (AvgIpc) is 3.53. The van der Waals surface area contributed by atoms with Crippen LogP contribution in [-0.2, 0) is 14.9 Å². The number of thiophene rings is 1. The van der Waals surface area contributed by atoms with Crippen LogP contribution in [0, 0.1) is 0 Å². The molecule has 1 fully saturated rings. The van der Waals surface area contributed by atoms with E-state index < -0.39 is 27.0 Å². The summed E-state index contributed by atoms with van der Waals surface area (Å²) >= 11 is 1.47. The Kier molecular flexibility index (Phi) is 14.3. The molecule has 1 amide bonds. The molecule has 2 N–H and O–H groups in total. The number of carbonyl (C=O) groups excluding carboxylic acids is 1. The number of hydrogen-bond acceptors (Lipinski definition) is 9. The molecular formula is C36H53N3O7S2. The molecule has 1 unspecified atom stereocenters. The molecule has 1 atom stereocenters. The van der Waals surface area contributed by atoms with Crippen LogP contribution >= 0.6 is 11.3 Å². The van der Waals surface area contributed by atoms with Gasteiger partial charge < -0.3 is 28.8 Å². The molecule has 48 heavy (non-hydrogen) atoms. The minimum absolute atomic E-state index is 0.105. The van der Waals surface area contributed by atoms with Crippen LogP contribution in [0.3, 0.4) is 0 Å². The predicted octanol–water partition coefficient (Wildman–Crippen LogP) is 7.46. The third-order valence-electron chi connectivity index (χ3n) is 9.30. The second kappa shape index (κ2) is 18.2. The number of fused-ring (bicyclic) bond motifs is 1. The van der Waals surface area contributed by atoms with Gasteiger partial charge in [0.05, 0.1) is 45.5 Å². The largest absolute Gasteiger partial charge is 0.748 e. The maximum absolute atomic E-state index is 13.3. The van der Waals surface area contributed by atoms with Crippen molar-refractivity contribution < 1.29 is 31.8 Å². The summed E-state index contributed by atoms with van der Waals surface area (Å²) in [4.78, 5) is 29.4. The van der Waals surface area contributed by atoms with Gasteiger partial charge in [-0.2, -0.15) is 0 Å². The van der Waals surface area contributed by atoms with Crippen molar-refractivity contribution in [3.8, 4) is 16.4 Å². The topological polar surface area (TPSA) is 140 Å². The van der Waals surface area contributed by atoms with Gasteiger partial charge in [0, 0.05) is 37.0 Å². The van der Waals surface area contributed by atoms with Crippen LogP contribution in [0.2, 0.25) is 0 Å². The highest BCUT2D eigenvalue weighted by atomic mass is 32.2. The number of benzene rings is 1. The fourth-order valence-corrected chi connectivity index (χ4v) is 8.11. The SMILES string of the molecule is CCCCCCCCCCCC[N+](C)(CCCS(=O)(=O)[O-])CC(=O)Nc1ccc2c(=O)c(O)c(-c3ccc(N4CCCCC4)s3)oc2c1. The van der Waals surface area contributed by atoms with E-state index in [4.69, 9.17) is 4.42 Å². The summed E-state index contributed by atoms with van der Waals surface area (Å²) in [5.74, 6) is -1.05. The molecule has 4 rings (SSSR count). The molecule has 266 valence electrons. The number of likely N-dealkylation sites (N-methyl/N-ethyl adjacent to an activating group) is 1. The number of nitrogens with one attached hydrogen (secondary N) is 1. The summed E-state index contributed by atoms with van der Waals surface area (Å²) in [6.07, 6.45) is 15.6. The molecule has 10 nitrogen and oxygen atoms in total. The van der Waals surface area contributed by atoms with Crippen molar-refractivity contribution in [3.63, 3.8) is 0 Å². The Bertz CT molecular complexity index is 1650. The fraction of sp³-hybridized carbons (Fsp3) is 0.611. The Labute approximate surface area is 289 Å². The Morgan fingerprint density at radius 3 is 2.27 bits per heavy atom. The fourth-order valence-electron chi connectivity index (χ4n) is 6.58. The predicted molar refractivity (Wildman–Crippen MR) is 194 cm³/mol. The first-order valence-electron chi connectivity index (χ1n) is 17.7. The molecule has 1 saturated heterocycles. The molecule has 0 aliphatic carbocycles. The number of quaternary nitrogens is 1. The van der Waals surface area contributed by atoms with Crippen LogP contribution < -0.4 is 15.6 Å². The van der Waals surface area contributed by atoms with Crippen LogP contribution in [-0.4, -0.2) is 74.0 Å². The summed E-state index contributed by atoms with van der Waals surface area (Å²) in [5, 5.41) is 15.0. The van der Waals surface area contributed by atoms with Gasteiger partial charge in [0.25, 0.3) is 5.91 Å². The van der Waals surface area contributed by atoms with Gasteiger partial charge in [0.15, 0.2) is 12.3 Å². The molecule has 3 heterocycles. The van der Waals surface area contributed by atoms with Gasteiger partial charge in [-0.05, 0) is 56.4 Å². The first-order valence-corrected chi connectivity index (χ1v) is 20.1. The van der Waals surface area contributed by atoms with E-state index in [-0.39, 0.29) is 35.6 Å². The van der Waals surface area contributed by atoms with E-state index in [1.54, 1.807) is 12.1 Å². The quantitative estimate of drug-likeness (QED) is 0.0702. The van der Waals surface area contributed by atoms with E-state index in [2.05, 4.69) is 17.1 Å². The first kappa shape index (κ1) is 37.9. The van der Waals surface area contributed by atoms with Gasteiger partial charge in [0.1, 0.15) is 5.58 Å². The van der Waals surface area contributed by atoms with Crippen LogP contribution in [0.4, 0.5) is 10.7 Å². The van der Waals surface area contributed by atoms with E-state index in [9.17, 15) is 27.7 Å². The lowest BCUT2D eigenvalue weighted by molar-refractivity contribution is -0.902. The van der Waals surface area contributed by atoms with Gasteiger partial charge >= 0.3 is 0 Å². The molecule has 0 radical (unpaired) electrons. The Balaban J connectivity index is 1.40. The maximum Gasteiger partial charge on any atom is 0.279 e. The van der Waals surface area contributed by atoms with Crippen molar-refractivity contribution >= 4 is 49.0 Å². The zero-order valence-corrected chi connectivity index (χ0v) is 30.3. The number of carbonyl (C=O) groups is 1. The van der Waals surface area contributed by atoms with E-state index in [1.807, 2.05) is 19.2 Å². The highest BCUT2D eigenvalue weighted by Crippen LogP contribution is 2.39. The number of nitrogens with zero attached hydrogens (tertiary/aromatic N) is 2. The van der Waals surface area contributed by atoms with Crippen molar-refractivity contribution in [2.24, 2.45) is 0 Å². The Hall–Kier alpha value is -2.93. The normalized spacial score (nSPS) is 15.1. The zero-order valence-electron chi connectivity index (χ0n) is 28.6. The first-order chi connectivity index (χ1) is 23.0. The number of unbranched alkanes of at least 4 members (excludes halogenated alkanes) is 9. The standard InChI is InChI=1S/C36H53N3O7S2/c1-3-4-5-6-7-8-9-10-11-15-23-39(2,24-16-25-48(43,44)45)27-32(40)37-28-17-18-29-30(26-28)46-36(35(42)34(29)41)31-19-20-33(47-31)38-21-13-12-14-22-38/h17-20,26H,3-16,21-25,27H2,1-2H3,(H2-,37,40,41,42,43,44,45). The van der Waals surface area contributed by atoms with Crippen molar-refractivity contribution in [1.82, 2.24) is 0 Å². The number of aromatic hydroxyl groups is 1. The lowest BCUT2D eigenvalue weighted by Gasteiger charge is -2.34. The second-order valence-electron chi connectivity index (χ2n) is 13.6. The summed E-state index contributed by atoms with van der Waals surface area (Å²) in [6, 6.07) is 8.57. The number of piperidine rings is 1. The highest BCUT2D eigenvalue weighted by Gasteiger charge is 2.26. The summed E-state index contributed by atoms with van der Waals surface area (Å²) < 4.78 is 40.2. The highest BCUT2D eigenvalue weighted by molar-refractivity contribution is 7.85. The van der Waals surface area contributed by atoms with E-state index in [0.29, 0.717) is 28.1 Å². The van der Waals surface area contributed by atoms with E-state index in [1.165, 1.54) is 68.8 Å². The summed E-state index contributed by atoms with van der Waals surface area (Å²) in [7, 11) is -2.41. The summed E-state index contributed by atoms with van der Waals surface area (Å²) in [6.45, 7) is 5.36. The van der Waals surface area contributed by atoms with Crippen molar-refractivity contribution in [2.75, 3.05) is 55.7 Å². The number of amides is 1. The van der Waals surface area contributed by atoms with Crippen molar-refractivity contribution in [3.05, 3.63) is 40.6 Å². The molecule has 2 aromatic heterocycles. The monoisotopic (exact) mass is 703 g/mol. The van der Waals surface area contributed by atoms with Crippen molar-refractivity contribution in [1.29, 1.82) is 0 Å². The molecule has 0 spiro atoms. The van der Waals surface area contributed by atoms with Crippen LogP contribution in [0.15, 0.2) is 39.5 Å². The Morgan fingerprint density at radius 2 is 1.60 bits per heavy atom. The zero-order chi connectivity index (χ0) is 34.6. The third kappa shape index (κ3) is 11.6. The molecule has 1 aromatic carbocycles. The summed E-state index contributed by atoms with van der Waals surface area (Å²) in [5.41, 5.74) is 0.160. The molecule has 12 heteroatoms. The number of rotatable bonds is 20. The molecule has 1 aliphatic heterocycles. The number of anilines is 2. The molecule has 0 saturated carbocycles. The van der Waals surface area contributed by atoms with Crippen LogP contribution in [0.25, 0.3) is 21.6 Å². The van der Waals surface area contributed by atoms with Gasteiger partial charge in [-0.3, -0.25) is 9.59 Å². The minimum atomic E-state index is -4.34. The molecular weight excluding hydrogens is 651 g/mol.